The number of rotatable bonds is 1. The first kappa shape index (κ1) is 7.08. The first-order valence-corrected chi connectivity index (χ1v) is 4.31. The van der Waals surface area contributed by atoms with Crippen LogP contribution in [0.15, 0.2) is 11.6 Å². The Balaban J connectivity index is 2.30. The summed E-state index contributed by atoms with van der Waals surface area (Å²) in [5, 5.41) is 0. The van der Waals surface area contributed by atoms with Crippen LogP contribution in [0.2, 0.25) is 0 Å². The van der Waals surface area contributed by atoms with Gasteiger partial charge in [-0.2, -0.15) is 0 Å². The van der Waals surface area contributed by atoms with Crippen molar-refractivity contribution < 1.29 is 4.79 Å². The molecule has 0 aromatic rings. The zero-order valence-electron chi connectivity index (χ0n) is 7.13. The molecule has 2 bridgehead atoms. The van der Waals surface area contributed by atoms with Gasteiger partial charge in [0.2, 0.25) is 0 Å². The summed E-state index contributed by atoms with van der Waals surface area (Å²) in [4.78, 5) is 10.6. The van der Waals surface area contributed by atoms with E-state index in [0.717, 1.165) is 24.2 Å². The Morgan fingerprint density at radius 3 is 2.73 bits per heavy atom. The average molecular weight is 150 g/mol. The molecule has 0 aliphatic heterocycles. The van der Waals surface area contributed by atoms with Crippen LogP contribution in [0.25, 0.3) is 0 Å². The van der Waals surface area contributed by atoms with Crippen LogP contribution in [0.3, 0.4) is 0 Å². The highest BCUT2D eigenvalue weighted by Gasteiger charge is 2.50. The highest BCUT2D eigenvalue weighted by atomic mass is 16.1. The van der Waals surface area contributed by atoms with Crippen LogP contribution in [0.1, 0.15) is 26.7 Å². The Kier molecular flexibility index (Phi) is 1.26. The van der Waals surface area contributed by atoms with Gasteiger partial charge in [-0.25, -0.2) is 0 Å². The van der Waals surface area contributed by atoms with Crippen molar-refractivity contribution in [3.63, 3.8) is 0 Å². The molecule has 0 saturated heterocycles. The lowest BCUT2D eigenvalue weighted by atomic mass is 9.49. The molecular weight excluding hydrogens is 136 g/mol. The monoisotopic (exact) mass is 150 g/mol. The van der Waals surface area contributed by atoms with Crippen molar-refractivity contribution in [3.05, 3.63) is 11.6 Å². The number of carbonyl (C=O) groups excluding carboxylic acids is 1. The second-order valence-corrected chi connectivity index (χ2v) is 4.36. The molecule has 60 valence electrons. The van der Waals surface area contributed by atoms with Crippen LogP contribution in [-0.4, -0.2) is 6.29 Å². The van der Waals surface area contributed by atoms with Crippen molar-refractivity contribution in [1.29, 1.82) is 0 Å². The summed E-state index contributed by atoms with van der Waals surface area (Å²) in [6, 6.07) is 0. The number of aldehydes is 1. The lowest BCUT2D eigenvalue weighted by Crippen LogP contribution is -2.48. The molecule has 11 heavy (non-hydrogen) atoms. The summed E-state index contributed by atoms with van der Waals surface area (Å²) >= 11 is 0. The fraction of sp³-hybridized carbons (Fsp3) is 0.700. The summed E-state index contributed by atoms with van der Waals surface area (Å²) in [6.07, 6.45) is 5.54. The van der Waals surface area contributed by atoms with Gasteiger partial charge in [-0.3, -0.25) is 4.79 Å². The molecule has 0 unspecified atom stereocenters. The molecule has 0 amide bonds. The molecule has 0 spiro atoms. The molecule has 0 aromatic heterocycles. The molecule has 3 aliphatic rings. The van der Waals surface area contributed by atoms with Crippen molar-refractivity contribution >= 4 is 6.29 Å². The van der Waals surface area contributed by atoms with E-state index in [1.807, 2.05) is 0 Å². The quantitative estimate of drug-likeness (QED) is 0.523. The fourth-order valence-corrected chi connectivity index (χ4v) is 2.53. The Labute approximate surface area is 67.5 Å². The summed E-state index contributed by atoms with van der Waals surface area (Å²) in [5.74, 6) is 1.41. The van der Waals surface area contributed by atoms with Crippen molar-refractivity contribution in [2.75, 3.05) is 0 Å². The lowest BCUT2D eigenvalue weighted by molar-refractivity contribution is -0.108. The van der Waals surface area contributed by atoms with E-state index in [2.05, 4.69) is 19.9 Å². The average Bonchev–Trinajstić information content (AvgIpc) is 2.04. The van der Waals surface area contributed by atoms with Gasteiger partial charge in [0, 0.05) is 0 Å². The molecule has 1 fully saturated rings. The first-order chi connectivity index (χ1) is 5.16. The number of fused-ring (bicyclic) bond motifs is 1. The van der Waals surface area contributed by atoms with E-state index in [9.17, 15) is 4.79 Å². The molecule has 0 aromatic carbocycles. The first-order valence-electron chi connectivity index (χ1n) is 4.31. The van der Waals surface area contributed by atoms with Crippen molar-refractivity contribution in [1.82, 2.24) is 0 Å². The summed E-state index contributed by atoms with van der Waals surface area (Å²) in [5.41, 5.74) is 1.46. The van der Waals surface area contributed by atoms with Crippen LogP contribution in [0.5, 0.6) is 0 Å². The smallest absolute Gasteiger partial charge is 0.146 e. The molecule has 0 heterocycles. The van der Waals surface area contributed by atoms with E-state index in [1.54, 1.807) is 0 Å². The van der Waals surface area contributed by atoms with Gasteiger partial charge in [0.1, 0.15) is 6.29 Å². The molecule has 0 radical (unpaired) electrons. The molecule has 0 N–H and O–H groups in total. The Morgan fingerprint density at radius 2 is 2.36 bits per heavy atom. The minimum Gasteiger partial charge on any atom is -0.298 e. The van der Waals surface area contributed by atoms with Crippen LogP contribution >= 0.6 is 0 Å². The third-order valence-electron chi connectivity index (χ3n) is 3.65. The highest BCUT2D eigenvalue weighted by Crippen LogP contribution is 2.58. The normalized spacial score (nSPS) is 38.9. The van der Waals surface area contributed by atoms with E-state index in [-0.39, 0.29) is 0 Å². The molecule has 1 heteroatoms. The van der Waals surface area contributed by atoms with Gasteiger partial charge in [-0.05, 0) is 35.7 Å². The van der Waals surface area contributed by atoms with E-state index >= 15 is 0 Å². The van der Waals surface area contributed by atoms with Crippen molar-refractivity contribution in [2.45, 2.75) is 26.7 Å². The van der Waals surface area contributed by atoms with Crippen molar-refractivity contribution in [3.8, 4) is 0 Å². The maximum atomic E-state index is 10.6. The second-order valence-electron chi connectivity index (χ2n) is 4.36. The number of hydrogen-bond acceptors (Lipinski definition) is 1. The topological polar surface area (TPSA) is 17.1 Å². The Hall–Kier alpha value is -0.590. The van der Waals surface area contributed by atoms with Gasteiger partial charge in [-0.1, -0.05) is 19.9 Å². The minimum atomic E-state index is 0.408. The molecule has 3 aliphatic carbocycles. The predicted molar refractivity (Wildman–Crippen MR) is 44.1 cm³/mol. The van der Waals surface area contributed by atoms with E-state index in [1.165, 1.54) is 6.42 Å². The van der Waals surface area contributed by atoms with Crippen molar-refractivity contribution in [2.24, 2.45) is 17.3 Å². The van der Waals surface area contributed by atoms with E-state index in [4.69, 9.17) is 0 Å². The van der Waals surface area contributed by atoms with Gasteiger partial charge in [0.25, 0.3) is 0 Å². The standard InChI is InChI=1S/C10H14O/c1-10(2)8-4-3-7(6-11)9(10)5-8/h3,6,8-9H,4-5H2,1-2H3/t8-,9+/m0/s1. The fourth-order valence-electron chi connectivity index (χ4n) is 2.53. The predicted octanol–water partition coefficient (Wildman–Crippen LogP) is 2.18. The van der Waals surface area contributed by atoms with Gasteiger partial charge in [-0.15, -0.1) is 0 Å². The zero-order valence-corrected chi connectivity index (χ0v) is 7.13. The van der Waals surface area contributed by atoms with E-state index in [0.29, 0.717) is 11.3 Å². The third kappa shape index (κ3) is 0.741. The molecular formula is C10H14O. The number of allylic oxidation sites excluding steroid dienone is 2. The summed E-state index contributed by atoms with van der Waals surface area (Å²) < 4.78 is 0. The summed E-state index contributed by atoms with van der Waals surface area (Å²) in [6.45, 7) is 4.56. The van der Waals surface area contributed by atoms with E-state index < -0.39 is 0 Å². The lowest BCUT2D eigenvalue weighted by Gasteiger charge is -2.55. The highest BCUT2D eigenvalue weighted by molar-refractivity contribution is 5.75. The van der Waals surface area contributed by atoms with Gasteiger partial charge in [0.15, 0.2) is 0 Å². The van der Waals surface area contributed by atoms with Gasteiger partial charge in [0.05, 0.1) is 0 Å². The van der Waals surface area contributed by atoms with Crippen LogP contribution in [0, 0.1) is 17.3 Å². The second kappa shape index (κ2) is 1.96. The molecule has 3 rings (SSSR count). The van der Waals surface area contributed by atoms with Crippen LogP contribution in [-0.2, 0) is 4.79 Å². The van der Waals surface area contributed by atoms with Crippen LogP contribution in [0.4, 0.5) is 0 Å². The maximum Gasteiger partial charge on any atom is 0.146 e. The SMILES string of the molecule is CC1(C)[C@H]2CC=C(C=O)[C@H]1C2. The third-order valence-corrected chi connectivity index (χ3v) is 3.65. The molecule has 1 nitrogen and oxygen atoms in total. The minimum absolute atomic E-state index is 0.408. The maximum absolute atomic E-state index is 10.6. The Bertz CT molecular complexity index is 225. The summed E-state index contributed by atoms with van der Waals surface area (Å²) in [7, 11) is 0. The zero-order chi connectivity index (χ0) is 8.06. The number of carbonyl (C=O) groups is 1. The Morgan fingerprint density at radius 1 is 1.64 bits per heavy atom. The molecule has 2 atom stereocenters. The van der Waals surface area contributed by atoms with Crippen LogP contribution < -0.4 is 0 Å². The van der Waals surface area contributed by atoms with Gasteiger partial charge < -0.3 is 0 Å². The molecule has 1 saturated carbocycles. The number of hydrogen-bond donors (Lipinski definition) is 0. The largest absolute Gasteiger partial charge is 0.298 e. The van der Waals surface area contributed by atoms with Gasteiger partial charge >= 0.3 is 0 Å².